The molecule has 0 fully saturated rings. The smallest absolute Gasteiger partial charge is 0.152 e. The Morgan fingerprint density at radius 1 is 1.05 bits per heavy atom. The monoisotopic (exact) mass is 278 g/mol. The number of benzene rings is 2. The average Bonchev–Trinajstić information content (AvgIpc) is 2.82. The number of rotatable bonds is 3. The Morgan fingerprint density at radius 3 is 2.43 bits per heavy atom. The van der Waals surface area contributed by atoms with Crippen molar-refractivity contribution in [2.75, 3.05) is 19.0 Å². The first-order valence-corrected chi connectivity index (χ1v) is 6.88. The molecular weight excluding hydrogens is 260 g/mol. The summed E-state index contributed by atoms with van der Waals surface area (Å²) in [5, 5.41) is 0. The molecule has 1 aromatic heterocycles. The van der Waals surface area contributed by atoms with Crippen LogP contribution in [0.2, 0.25) is 0 Å². The second kappa shape index (κ2) is 5.40. The summed E-state index contributed by atoms with van der Waals surface area (Å²) >= 11 is 0. The Bertz CT molecular complexity index is 782. The Balaban J connectivity index is 1.89. The third kappa shape index (κ3) is 2.65. The Hall–Kier alpha value is -2.62. The van der Waals surface area contributed by atoms with E-state index in [1.807, 2.05) is 62.3 Å². The van der Waals surface area contributed by atoms with E-state index in [-0.39, 0.29) is 0 Å². The van der Waals surface area contributed by atoms with Crippen LogP contribution in [0.1, 0.15) is 5.82 Å². The molecule has 2 aromatic carbocycles. The van der Waals surface area contributed by atoms with E-state index in [0.29, 0.717) is 0 Å². The first-order chi connectivity index (χ1) is 10.1. The van der Waals surface area contributed by atoms with Gasteiger partial charge in [-0.15, -0.1) is 0 Å². The molecule has 0 aliphatic carbocycles. The quantitative estimate of drug-likeness (QED) is 0.688. The van der Waals surface area contributed by atoms with Crippen LogP contribution in [0.15, 0.2) is 53.5 Å². The van der Waals surface area contributed by atoms with Gasteiger partial charge in [0, 0.05) is 26.8 Å². The molecule has 0 spiro atoms. The highest BCUT2D eigenvalue weighted by Crippen LogP contribution is 2.18. The third-order valence-corrected chi connectivity index (χ3v) is 3.52. The molecule has 0 amide bonds. The lowest BCUT2D eigenvalue weighted by Gasteiger charge is -2.11. The van der Waals surface area contributed by atoms with Gasteiger partial charge < -0.3 is 9.47 Å². The fourth-order valence-corrected chi connectivity index (χ4v) is 2.25. The summed E-state index contributed by atoms with van der Waals surface area (Å²) in [5.74, 6) is 0.855. The molecule has 0 bridgehead atoms. The van der Waals surface area contributed by atoms with E-state index in [1.54, 1.807) is 0 Å². The Kier molecular flexibility index (Phi) is 3.44. The molecule has 0 saturated carbocycles. The number of anilines is 1. The first-order valence-electron chi connectivity index (χ1n) is 6.88. The van der Waals surface area contributed by atoms with Gasteiger partial charge in [-0.1, -0.05) is 12.1 Å². The molecular formula is C17H18N4. The summed E-state index contributed by atoms with van der Waals surface area (Å²) in [6, 6.07) is 16.2. The lowest BCUT2D eigenvalue weighted by atomic mass is 10.3. The van der Waals surface area contributed by atoms with Crippen LogP contribution < -0.4 is 4.90 Å². The van der Waals surface area contributed by atoms with Crippen molar-refractivity contribution in [3.05, 3.63) is 54.4 Å². The molecule has 3 rings (SSSR count). The van der Waals surface area contributed by atoms with Crippen LogP contribution in [0.25, 0.3) is 11.0 Å². The minimum Gasteiger partial charge on any atom is -0.378 e. The number of aliphatic imine (C=N–C) groups is 1. The number of imidazole rings is 1. The van der Waals surface area contributed by atoms with E-state index in [4.69, 9.17) is 0 Å². The Labute approximate surface area is 124 Å². The van der Waals surface area contributed by atoms with E-state index in [0.717, 1.165) is 28.2 Å². The van der Waals surface area contributed by atoms with Crippen molar-refractivity contribution < 1.29 is 0 Å². The van der Waals surface area contributed by atoms with Gasteiger partial charge in [-0.05, 0) is 36.4 Å². The maximum atomic E-state index is 4.58. The molecule has 0 radical (unpaired) electrons. The molecule has 1 heterocycles. The lowest BCUT2D eigenvalue weighted by molar-refractivity contribution is 0.935. The summed E-state index contributed by atoms with van der Waals surface area (Å²) in [4.78, 5) is 11.2. The van der Waals surface area contributed by atoms with Crippen LogP contribution in [0.4, 0.5) is 11.4 Å². The van der Waals surface area contributed by atoms with Gasteiger partial charge in [0.2, 0.25) is 0 Å². The number of nitrogens with zero attached hydrogens (tertiary/aromatic N) is 4. The van der Waals surface area contributed by atoms with Crippen molar-refractivity contribution in [3.8, 4) is 0 Å². The van der Waals surface area contributed by atoms with Gasteiger partial charge in [0.25, 0.3) is 0 Å². The predicted molar refractivity (Wildman–Crippen MR) is 88.7 cm³/mol. The number of hydrogen-bond donors (Lipinski definition) is 0. The van der Waals surface area contributed by atoms with Crippen molar-refractivity contribution in [1.82, 2.24) is 9.55 Å². The molecule has 3 aromatic rings. The summed E-state index contributed by atoms with van der Waals surface area (Å²) in [6.07, 6.45) is 1.81. The topological polar surface area (TPSA) is 33.4 Å². The molecule has 0 N–H and O–H groups in total. The van der Waals surface area contributed by atoms with E-state index in [1.165, 1.54) is 0 Å². The minimum absolute atomic E-state index is 0.855. The van der Waals surface area contributed by atoms with Crippen molar-refractivity contribution in [1.29, 1.82) is 0 Å². The molecule has 0 aliphatic heterocycles. The maximum absolute atomic E-state index is 4.58. The van der Waals surface area contributed by atoms with E-state index in [9.17, 15) is 0 Å². The van der Waals surface area contributed by atoms with Crippen molar-refractivity contribution in [2.24, 2.45) is 12.0 Å². The Morgan fingerprint density at radius 2 is 1.76 bits per heavy atom. The first kappa shape index (κ1) is 13.4. The molecule has 21 heavy (non-hydrogen) atoms. The standard InChI is InChI=1S/C17H18N4/c1-20(2)14-10-8-13(9-11-14)18-12-17-19-15-6-4-5-7-16(15)21(17)3/h4-12H,1-3H3. The summed E-state index contributed by atoms with van der Waals surface area (Å²) in [6.45, 7) is 0. The van der Waals surface area contributed by atoms with Crippen LogP contribution >= 0.6 is 0 Å². The molecule has 0 saturated heterocycles. The van der Waals surface area contributed by atoms with Crippen molar-refractivity contribution in [2.45, 2.75) is 0 Å². The zero-order valence-corrected chi connectivity index (χ0v) is 12.5. The van der Waals surface area contributed by atoms with Gasteiger partial charge in [0.15, 0.2) is 5.82 Å². The number of fused-ring (bicyclic) bond motifs is 1. The van der Waals surface area contributed by atoms with Crippen LogP contribution in [-0.2, 0) is 7.05 Å². The lowest BCUT2D eigenvalue weighted by Crippen LogP contribution is -2.07. The highest BCUT2D eigenvalue weighted by molar-refractivity contribution is 5.86. The second-order valence-electron chi connectivity index (χ2n) is 5.19. The number of aromatic nitrogens is 2. The predicted octanol–water partition coefficient (Wildman–Crippen LogP) is 3.39. The van der Waals surface area contributed by atoms with Crippen LogP contribution in [0.3, 0.4) is 0 Å². The second-order valence-corrected chi connectivity index (χ2v) is 5.19. The van der Waals surface area contributed by atoms with E-state index in [2.05, 4.69) is 33.1 Å². The van der Waals surface area contributed by atoms with Gasteiger partial charge in [-0.3, -0.25) is 4.99 Å². The normalized spacial score (nSPS) is 11.4. The highest BCUT2D eigenvalue weighted by atomic mass is 15.1. The van der Waals surface area contributed by atoms with E-state index < -0.39 is 0 Å². The largest absolute Gasteiger partial charge is 0.378 e. The number of para-hydroxylation sites is 2. The number of hydrogen-bond acceptors (Lipinski definition) is 3. The van der Waals surface area contributed by atoms with Gasteiger partial charge in [-0.2, -0.15) is 0 Å². The molecule has 4 nitrogen and oxygen atoms in total. The third-order valence-electron chi connectivity index (χ3n) is 3.52. The van der Waals surface area contributed by atoms with Gasteiger partial charge in [-0.25, -0.2) is 4.98 Å². The average molecular weight is 278 g/mol. The molecule has 0 unspecified atom stereocenters. The zero-order valence-electron chi connectivity index (χ0n) is 12.5. The molecule has 0 aliphatic rings. The van der Waals surface area contributed by atoms with Crippen molar-refractivity contribution >= 4 is 28.6 Å². The van der Waals surface area contributed by atoms with Gasteiger partial charge >= 0.3 is 0 Å². The summed E-state index contributed by atoms with van der Waals surface area (Å²) < 4.78 is 2.05. The zero-order chi connectivity index (χ0) is 14.8. The van der Waals surface area contributed by atoms with Crippen LogP contribution in [-0.4, -0.2) is 29.9 Å². The minimum atomic E-state index is 0.855. The molecule has 0 atom stereocenters. The van der Waals surface area contributed by atoms with E-state index >= 15 is 0 Å². The van der Waals surface area contributed by atoms with Crippen LogP contribution in [0, 0.1) is 0 Å². The number of aryl methyl sites for hydroxylation is 1. The summed E-state index contributed by atoms with van der Waals surface area (Å²) in [7, 11) is 6.06. The van der Waals surface area contributed by atoms with Crippen molar-refractivity contribution in [3.63, 3.8) is 0 Å². The SMILES string of the molecule is CN(C)c1ccc(N=Cc2nc3ccccc3n2C)cc1. The fourth-order valence-electron chi connectivity index (χ4n) is 2.25. The highest BCUT2D eigenvalue weighted by Gasteiger charge is 2.04. The summed E-state index contributed by atoms with van der Waals surface area (Å²) in [5.41, 5.74) is 4.19. The maximum Gasteiger partial charge on any atom is 0.152 e. The fraction of sp³-hybridized carbons (Fsp3) is 0.176. The molecule has 4 heteroatoms. The molecule has 106 valence electrons. The van der Waals surface area contributed by atoms with Gasteiger partial charge in [0.1, 0.15) is 0 Å². The van der Waals surface area contributed by atoms with Gasteiger partial charge in [0.05, 0.1) is 22.9 Å². The van der Waals surface area contributed by atoms with Crippen LogP contribution in [0.5, 0.6) is 0 Å².